The summed E-state index contributed by atoms with van der Waals surface area (Å²) in [4.78, 5) is 4.40. The van der Waals surface area contributed by atoms with E-state index in [4.69, 9.17) is 0 Å². The van der Waals surface area contributed by atoms with E-state index >= 15 is 0 Å². The molecule has 0 aliphatic heterocycles. The van der Waals surface area contributed by atoms with Gasteiger partial charge in [-0.3, -0.25) is 4.98 Å². The lowest BCUT2D eigenvalue weighted by molar-refractivity contribution is 0.0182. The Morgan fingerprint density at radius 2 is 1.46 bits per heavy atom. The molecule has 0 aliphatic rings. The normalized spacial score (nSPS) is 12.9. The number of aliphatic hydroxyl groups is 2. The Balaban J connectivity index is 1.95. The van der Waals surface area contributed by atoms with Gasteiger partial charge in [-0.15, -0.1) is 0 Å². The van der Waals surface area contributed by atoms with E-state index in [1.807, 2.05) is 72.8 Å². The second-order valence-electron chi connectivity index (χ2n) is 7.42. The maximum atomic E-state index is 12.0. The van der Waals surface area contributed by atoms with Crippen molar-refractivity contribution < 1.29 is 10.2 Å². The van der Waals surface area contributed by atoms with Crippen molar-refractivity contribution >= 4 is 0 Å². The van der Waals surface area contributed by atoms with Gasteiger partial charge in [-0.1, -0.05) is 80.6 Å². The number of hydrogen-bond donors (Lipinski definition) is 3. The summed E-state index contributed by atoms with van der Waals surface area (Å²) in [5.74, 6) is 0.169. The van der Waals surface area contributed by atoms with E-state index in [0.717, 1.165) is 22.4 Å². The van der Waals surface area contributed by atoms with Crippen molar-refractivity contribution in [2.75, 3.05) is 0 Å². The lowest BCUT2D eigenvalue weighted by atomic mass is 9.76. The van der Waals surface area contributed by atoms with Crippen molar-refractivity contribution in [2.24, 2.45) is 5.92 Å². The van der Waals surface area contributed by atoms with Gasteiger partial charge in [0.15, 0.2) is 0 Å². The smallest absolute Gasteiger partial charge is 0.130 e. The first-order valence-corrected chi connectivity index (χ1v) is 9.67. The van der Waals surface area contributed by atoms with Crippen LogP contribution < -0.4 is 5.32 Å². The minimum Gasteiger partial charge on any atom is -0.392 e. The van der Waals surface area contributed by atoms with Crippen LogP contribution in [0.25, 0.3) is 0 Å². The monoisotopic (exact) mass is 376 g/mol. The molecule has 2 aromatic carbocycles. The van der Waals surface area contributed by atoms with Crippen LogP contribution in [0.2, 0.25) is 0 Å². The zero-order valence-electron chi connectivity index (χ0n) is 16.4. The maximum absolute atomic E-state index is 12.0. The molecule has 146 valence electrons. The zero-order chi connectivity index (χ0) is 20.0. The van der Waals surface area contributed by atoms with Gasteiger partial charge in [-0.05, 0) is 28.7 Å². The highest BCUT2D eigenvalue weighted by Gasteiger charge is 2.41. The van der Waals surface area contributed by atoms with Gasteiger partial charge in [0.25, 0.3) is 0 Å². The van der Waals surface area contributed by atoms with Crippen molar-refractivity contribution in [1.29, 1.82) is 0 Å². The predicted molar refractivity (Wildman–Crippen MR) is 112 cm³/mol. The van der Waals surface area contributed by atoms with Gasteiger partial charge in [0, 0.05) is 18.8 Å². The van der Waals surface area contributed by atoms with E-state index < -0.39 is 5.60 Å². The highest BCUT2D eigenvalue weighted by atomic mass is 16.3. The summed E-state index contributed by atoms with van der Waals surface area (Å²) in [6.07, 6.45) is 1.68. The average Bonchev–Trinajstić information content (AvgIpc) is 2.75. The number of nitrogens with zero attached hydrogens (tertiary/aromatic N) is 1. The first-order valence-electron chi connectivity index (χ1n) is 9.67. The van der Waals surface area contributed by atoms with Crippen molar-refractivity contribution in [3.05, 3.63) is 101 Å². The third kappa shape index (κ3) is 4.30. The van der Waals surface area contributed by atoms with Crippen molar-refractivity contribution in [3.63, 3.8) is 0 Å². The summed E-state index contributed by atoms with van der Waals surface area (Å²) in [5, 5.41) is 24.8. The molecule has 1 aromatic heterocycles. The summed E-state index contributed by atoms with van der Waals surface area (Å²) in [6.45, 7) is 4.72. The number of benzene rings is 2. The Morgan fingerprint density at radius 3 is 1.89 bits per heavy atom. The molecular formula is C24H28N2O2. The van der Waals surface area contributed by atoms with Crippen LogP contribution >= 0.6 is 0 Å². The summed E-state index contributed by atoms with van der Waals surface area (Å²) >= 11 is 0. The highest BCUT2D eigenvalue weighted by molar-refractivity contribution is 5.38. The molecule has 1 atom stereocenters. The lowest BCUT2D eigenvalue weighted by Crippen LogP contribution is -2.52. The quantitative estimate of drug-likeness (QED) is 0.562. The lowest BCUT2D eigenvalue weighted by Gasteiger charge is -2.40. The molecule has 3 aromatic rings. The Hall–Kier alpha value is -2.53. The SMILES string of the molecule is CC(C)[C@H](NCc1ccc(CO)cn1)C(O)(c1ccccc1)c1ccccc1. The minimum atomic E-state index is -1.18. The molecule has 0 spiro atoms. The van der Waals surface area contributed by atoms with Crippen LogP contribution in [0.5, 0.6) is 0 Å². The van der Waals surface area contributed by atoms with Crippen LogP contribution in [0.3, 0.4) is 0 Å². The van der Waals surface area contributed by atoms with Gasteiger partial charge in [0.05, 0.1) is 12.3 Å². The molecular weight excluding hydrogens is 348 g/mol. The molecule has 3 rings (SSSR count). The van der Waals surface area contributed by atoms with Gasteiger partial charge in [-0.25, -0.2) is 0 Å². The van der Waals surface area contributed by atoms with Crippen molar-refractivity contribution in [2.45, 2.75) is 38.6 Å². The number of nitrogens with one attached hydrogen (secondary N) is 1. The van der Waals surface area contributed by atoms with Crippen molar-refractivity contribution in [1.82, 2.24) is 10.3 Å². The number of rotatable bonds is 8. The Kier molecular flexibility index (Phi) is 6.57. The summed E-state index contributed by atoms with van der Waals surface area (Å²) in [7, 11) is 0. The molecule has 0 amide bonds. The molecule has 4 heteroatoms. The third-order valence-electron chi connectivity index (χ3n) is 5.12. The standard InChI is InChI=1S/C24H28N2O2/c1-18(2)23(26-16-22-14-13-19(17-27)15-25-22)24(28,20-9-5-3-6-10-20)21-11-7-4-8-12-21/h3-15,18,23,26-28H,16-17H2,1-2H3/t23-/m0/s1. The molecule has 0 radical (unpaired) electrons. The van der Waals surface area contributed by atoms with Crippen LogP contribution in [0.1, 0.15) is 36.2 Å². The fourth-order valence-electron chi connectivity index (χ4n) is 3.64. The fourth-order valence-corrected chi connectivity index (χ4v) is 3.64. The Bertz CT molecular complexity index is 809. The summed E-state index contributed by atoms with van der Waals surface area (Å²) in [6, 6.07) is 23.2. The molecule has 0 saturated carbocycles. The summed E-state index contributed by atoms with van der Waals surface area (Å²) < 4.78 is 0. The number of pyridine rings is 1. The maximum Gasteiger partial charge on any atom is 0.130 e. The fraction of sp³-hybridized carbons (Fsp3) is 0.292. The van der Waals surface area contributed by atoms with Crippen LogP contribution in [-0.2, 0) is 18.8 Å². The molecule has 1 heterocycles. The van der Waals surface area contributed by atoms with E-state index in [-0.39, 0.29) is 18.6 Å². The first-order chi connectivity index (χ1) is 13.6. The number of hydrogen-bond acceptors (Lipinski definition) is 4. The predicted octanol–water partition coefficient (Wildman–Crippen LogP) is 3.62. The van der Waals surface area contributed by atoms with Gasteiger partial charge in [0.1, 0.15) is 5.60 Å². The van der Waals surface area contributed by atoms with Crippen LogP contribution in [0.15, 0.2) is 79.0 Å². The number of aromatic nitrogens is 1. The van der Waals surface area contributed by atoms with E-state index in [0.29, 0.717) is 6.54 Å². The van der Waals surface area contributed by atoms with Gasteiger partial charge in [0.2, 0.25) is 0 Å². The molecule has 28 heavy (non-hydrogen) atoms. The molecule has 0 aliphatic carbocycles. The van der Waals surface area contributed by atoms with Crippen LogP contribution in [0.4, 0.5) is 0 Å². The Labute approximate surface area is 166 Å². The molecule has 0 bridgehead atoms. The second kappa shape index (κ2) is 9.11. The van der Waals surface area contributed by atoms with E-state index in [2.05, 4.69) is 24.1 Å². The van der Waals surface area contributed by atoms with Gasteiger partial charge >= 0.3 is 0 Å². The van der Waals surface area contributed by atoms with Crippen molar-refractivity contribution in [3.8, 4) is 0 Å². The molecule has 0 fully saturated rings. The molecule has 3 N–H and O–H groups in total. The van der Waals surface area contributed by atoms with E-state index in [1.165, 1.54) is 0 Å². The molecule has 4 nitrogen and oxygen atoms in total. The highest BCUT2D eigenvalue weighted by Crippen LogP contribution is 2.36. The third-order valence-corrected chi connectivity index (χ3v) is 5.12. The zero-order valence-corrected chi connectivity index (χ0v) is 16.4. The first kappa shape index (κ1) is 20.2. The van der Waals surface area contributed by atoms with Crippen LogP contribution in [0, 0.1) is 5.92 Å². The second-order valence-corrected chi connectivity index (χ2v) is 7.42. The Morgan fingerprint density at radius 1 is 0.893 bits per heavy atom. The largest absolute Gasteiger partial charge is 0.392 e. The topological polar surface area (TPSA) is 65.4 Å². The van der Waals surface area contributed by atoms with E-state index in [9.17, 15) is 10.2 Å². The van der Waals surface area contributed by atoms with Crippen LogP contribution in [-0.4, -0.2) is 21.2 Å². The summed E-state index contributed by atoms with van der Waals surface area (Å²) in [5.41, 5.74) is 2.19. The average molecular weight is 377 g/mol. The van der Waals surface area contributed by atoms with E-state index in [1.54, 1.807) is 6.20 Å². The number of aliphatic hydroxyl groups excluding tert-OH is 1. The molecule has 0 unspecified atom stereocenters. The van der Waals surface area contributed by atoms with Gasteiger partial charge in [-0.2, -0.15) is 0 Å². The minimum absolute atomic E-state index is 0.0168. The van der Waals surface area contributed by atoms with Gasteiger partial charge < -0.3 is 15.5 Å². The molecule has 0 saturated heterocycles.